The summed E-state index contributed by atoms with van der Waals surface area (Å²) in [7, 11) is 1.86. The first-order valence-electron chi connectivity index (χ1n) is 6.69. The van der Waals surface area contributed by atoms with Crippen LogP contribution >= 0.6 is 0 Å². The minimum absolute atomic E-state index is 0.242. The summed E-state index contributed by atoms with van der Waals surface area (Å²) >= 11 is 0. The van der Waals surface area contributed by atoms with Gasteiger partial charge in [-0.3, -0.25) is 4.79 Å². The average Bonchev–Trinajstić information content (AvgIpc) is 2.41. The van der Waals surface area contributed by atoms with Gasteiger partial charge in [-0.25, -0.2) is 0 Å². The molecule has 0 saturated carbocycles. The zero-order valence-electron chi connectivity index (χ0n) is 10.9. The number of allylic oxidation sites excluding steroid dienone is 1. The average molecular weight is 241 g/mol. The van der Waals surface area contributed by atoms with E-state index < -0.39 is 0 Å². The Labute approximate surface area is 108 Å². The number of piperidine rings is 1. The number of benzene rings is 1. The second-order valence-corrected chi connectivity index (χ2v) is 5.52. The summed E-state index contributed by atoms with van der Waals surface area (Å²) in [6, 6.07) is 8.46. The van der Waals surface area contributed by atoms with Crippen LogP contribution in [-0.2, 0) is 16.6 Å². The highest BCUT2D eigenvalue weighted by atomic mass is 16.2. The van der Waals surface area contributed by atoms with E-state index in [1.807, 2.05) is 7.05 Å². The Hall–Kier alpha value is -1.57. The Morgan fingerprint density at radius 2 is 2.00 bits per heavy atom. The number of aryl methyl sites for hydroxylation is 1. The lowest BCUT2D eigenvalue weighted by atomic mass is 9.65. The largest absolute Gasteiger partial charge is 0.319 e. The van der Waals surface area contributed by atoms with Crippen molar-refractivity contribution >= 4 is 5.91 Å². The normalized spacial score (nSPS) is 27.5. The molecule has 1 saturated heterocycles. The van der Waals surface area contributed by atoms with Crippen molar-refractivity contribution in [1.29, 1.82) is 0 Å². The molecule has 1 atom stereocenters. The quantitative estimate of drug-likeness (QED) is 0.683. The maximum atomic E-state index is 12.7. The van der Waals surface area contributed by atoms with Gasteiger partial charge in [-0.15, -0.1) is 0 Å². The minimum Gasteiger partial charge on any atom is -0.319 e. The Morgan fingerprint density at radius 3 is 2.83 bits per heavy atom. The molecular formula is C16H19NO. The molecule has 0 radical (unpaired) electrons. The van der Waals surface area contributed by atoms with Crippen LogP contribution in [0.4, 0.5) is 0 Å². The Balaban J connectivity index is 2.11. The standard InChI is InChI=1S/C16H19NO/c1-12-9-11-16(15(18)17(12)2)10-5-7-13-6-3-4-8-14(13)16/h3-4,6,8H,1,5,7,9-11H2,2H3. The van der Waals surface area contributed by atoms with E-state index in [-0.39, 0.29) is 11.3 Å². The molecule has 1 amide bonds. The molecule has 2 heteroatoms. The fourth-order valence-electron chi connectivity index (χ4n) is 3.50. The predicted molar refractivity (Wildman–Crippen MR) is 72.2 cm³/mol. The van der Waals surface area contributed by atoms with Gasteiger partial charge in [-0.2, -0.15) is 0 Å². The summed E-state index contributed by atoms with van der Waals surface area (Å²) < 4.78 is 0. The van der Waals surface area contributed by atoms with E-state index in [2.05, 4.69) is 30.8 Å². The molecule has 1 fully saturated rings. The summed E-state index contributed by atoms with van der Waals surface area (Å²) in [6.07, 6.45) is 5.06. The third-order valence-corrected chi connectivity index (χ3v) is 4.61. The van der Waals surface area contributed by atoms with Gasteiger partial charge < -0.3 is 4.90 Å². The third-order valence-electron chi connectivity index (χ3n) is 4.61. The first kappa shape index (κ1) is 11.5. The maximum Gasteiger partial charge on any atom is 0.237 e. The van der Waals surface area contributed by atoms with Crippen LogP contribution in [0.15, 0.2) is 36.5 Å². The molecule has 1 spiro atoms. The number of fused-ring (bicyclic) bond motifs is 2. The van der Waals surface area contributed by atoms with Crippen molar-refractivity contribution in [3.8, 4) is 0 Å². The molecule has 1 heterocycles. The fraction of sp³-hybridized carbons (Fsp3) is 0.438. The Morgan fingerprint density at radius 1 is 1.22 bits per heavy atom. The van der Waals surface area contributed by atoms with Crippen molar-refractivity contribution in [2.75, 3.05) is 7.05 Å². The molecule has 3 rings (SSSR count). The number of hydrogen-bond donors (Lipinski definition) is 0. The van der Waals surface area contributed by atoms with Gasteiger partial charge in [0.2, 0.25) is 5.91 Å². The molecule has 18 heavy (non-hydrogen) atoms. The van der Waals surface area contributed by atoms with E-state index >= 15 is 0 Å². The van der Waals surface area contributed by atoms with Gasteiger partial charge in [-0.05, 0) is 43.2 Å². The van der Waals surface area contributed by atoms with Gasteiger partial charge >= 0.3 is 0 Å². The van der Waals surface area contributed by atoms with E-state index in [1.54, 1.807) is 4.90 Å². The summed E-state index contributed by atoms with van der Waals surface area (Å²) in [5.41, 5.74) is 3.30. The van der Waals surface area contributed by atoms with Crippen molar-refractivity contribution in [1.82, 2.24) is 4.90 Å². The molecule has 1 unspecified atom stereocenters. The van der Waals surface area contributed by atoms with Crippen LogP contribution in [0, 0.1) is 0 Å². The lowest BCUT2D eigenvalue weighted by Crippen LogP contribution is -2.50. The van der Waals surface area contributed by atoms with Crippen LogP contribution in [0.5, 0.6) is 0 Å². The molecule has 1 aliphatic carbocycles. The first-order chi connectivity index (χ1) is 8.65. The van der Waals surface area contributed by atoms with Crippen LogP contribution in [0.25, 0.3) is 0 Å². The van der Waals surface area contributed by atoms with E-state index in [9.17, 15) is 4.79 Å². The Bertz CT molecular complexity index is 520. The van der Waals surface area contributed by atoms with Crippen LogP contribution in [0.3, 0.4) is 0 Å². The molecule has 94 valence electrons. The van der Waals surface area contributed by atoms with Crippen LogP contribution in [-0.4, -0.2) is 17.9 Å². The molecule has 1 aliphatic heterocycles. The van der Waals surface area contributed by atoms with Crippen molar-refractivity contribution < 1.29 is 4.79 Å². The van der Waals surface area contributed by atoms with Crippen LogP contribution < -0.4 is 0 Å². The molecule has 0 bridgehead atoms. The number of amides is 1. The number of carbonyl (C=O) groups is 1. The monoisotopic (exact) mass is 241 g/mol. The number of nitrogens with zero attached hydrogens (tertiary/aromatic N) is 1. The van der Waals surface area contributed by atoms with Gasteiger partial charge in [0.05, 0.1) is 5.41 Å². The smallest absolute Gasteiger partial charge is 0.237 e. The summed E-state index contributed by atoms with van der Waals surface area (Å²) in [6.45, 7) is 3.98. The molecule has 1 aromatic rings. The van der Waals surface area contributed by atoms with Gasteiger partial charge in [-0.1, -0.05) is 30.8 Å². The predicted octanol–water partition coefficient (Wildman–Crippen LogP) is 3.03. The summed E-state index contributed by atoms with van der Waals surface area (Å²) in [5.74, 6) is 0.242. The van der Waals surface area contributed by atoms with Crippen LogP contribution in [0.2, 0.25) is 0 Å². The SMILES string of the molecule is C=C1CCC2(CCCc3ccccc32)C(=O)N1C. The van der Waals surface area contributed by atoms with Crippen molar-refractivity contribution in [2.24, 2.45) is 0 Å². The number of rotatable bonds is 0. The topological polar surface area (TPSA) is 20.3 Å². The van der Waals surface area contributed by atoms with E-state index in [1.165, 1.54) is 11.1 Å². The summed E-state index contributed by atoms with van der Waals surface area (Å²) in [4.78, 5) is 14.5. The molecule has 1 aromatic carbocycles. The number of likely N-dealkylation sites (N-methyl/N-ethyl adjacent to an activating group) is 1. The van der Waals surface area contributed by atoms with E-state index in [0.717, 1.165) is 37.8 Å². The molecule has 0 aromatic heterocycles. The lowest BCUT2D eigenvalue weighted by molar-refractivity contribution is -0.137. The minimum atomic E-state index is -0.273. The fourth-order valence-corrected chi connectivity index (χ4v) is 3.50. The van der Waals surface area contributed by atoms with Crippen molar-refractivity contribution in [2.45, 2.75) is 37.5 Å². The molecule has 2 aliphatic rings. The van der Waals surface area contributed by atoms with E-state index in [4.69, 9.17) is 0 Å². The highest BCUT2D eigenvalue weighted by Crippen LogP contribution is 2.45. The zero-order chi connectivity index (χ0) is 12.8. The van der Waals surface area contributed by atoms with Crippen molar-refractivity contribution in [3.05, 3.63) is 47.7 Å². The second kappa shape index (κ2) is 3.98. The van der Waals surface area contributed by atoms with Gasteiger partial charge in [0.15, 0.2) is 0 Å². The third kappa shape index (κ3) is 1.45. The second-order valence-electron chi connectivity index (χ2n) is 5.52. The molecule has 2 nitrogen and oxygen atoms in total. The van der Waals surface area contributed by atoms with E-state index in [0.29, 0.717) is 0 Å². The van der Waals surface area contributed by atoms with Gasteiger partial charge in [0, 0.05) is 12.7 Å². The highest BCUT2D eigenvalue weighted by Gasteiger charge is 2.47. The highest BCUT2D eigenvalue weighted by molar-refractivity contribution is 5.91. The molecular weight excluding hydrogens is 222 g/mol. The zero-order valence-corrected chi connectivity index (χ0v) is 10.9. The first-order valence-corrected chi connectivity index (χ1v) is 6.69. The number of hydrogen-bond acceptors (Lipinski definition) is 1. The maximum absolute atomic E-state index is 12.7. The number of carbonyl (C=O) groups excluding carboxylic acids is 1. The van der Waals surface area contributed by atoms with Crippen molar-refractivity contribution in [3.63, 3.8) is 0 Å². The van der Waals surface area contributed by atoms with Gasteiger partial charge in [0.25, 0.3) is 0 Å². The number of likely N-dealkylation sites (tertiary alicyclic amines) is 1. The Kier molecular flexibility index (Phi) is 2.54. The van der Waals surface area contributed by atoms with Gasteiger partial charge in [0.1, 0.15) is 0 Å². The molecule has 0 N–H and O–H groups in total. The summed E-state index contributed by atoms with van der Waals surface area (Å²) in [5, 5.41) is 0. The van der Waals surface area contributed by atoms with Crippen LogP contribution in [0.1, 0.15) is 36.8 Å². The lowest BCUT2D eigenvalue weighted by Gasteiger charge is -2.44.